The minimum atomic E-state index is -0.906. The van der Waals surface area contributed by atoms with E-state index in [-0.39, 0.29) is 30.0 Å². The van der Waals surface area contributed by atoms with Gasteiger partial charge in [-0.1, -0.05) is 84.9 Å². The van der Waals surface area contributed by atoms with Crippen LogP contribution in [-0.2, 0) is 22.4 Å². The second-order valence-electron chi connectivity index (χ2n) is 15.8. The highest BCUT2D eigenvalue weighted by Gasteiger charge is 2.25. The van der Waals surface area contributed by atoms with Gasteiger partial charge in [-0.15, -0.1) is 0 Å². The van der Waals surface area contributed by atoms with E-state index in [9.17, 15) is 29.7 Å². The summed E-state index contributed by atoms with van der Waals surface area (Å²) in [5, 5.41) is 36.9. The van der Waals surface area contributed by atoms with Gasteiger partial charge in [-0.05, 0) is 85.2 Å². The fraction of sp³-hybridized carbons (Fsp3) is 0.300. The van der Waals surface area contributed by atoms with Crippen LogP contribution < -0.4 is 20.3 Å². The summed E-state index contributed by atoms with van der Waals surface area (Å²) in [4.78, 5) is 43.5. The fourth-order valence-corrected chi connectivity index (χ4v) is 8.11. The number of anilines is 3. The molecule has 5 aromatic rings. The lowest BCUT2D eigenvalue weighted by Crippen LogP contribution is -2.40. The Morgan fingerprint density at radius 2 is 1.71 bits per heavy atom. The van der Waals surface area contributed by atoms with Crippen LogP contribution >= 0.6 is 0 Å². The minimum Gasteiger partial charge on any atom is -0.506 e. The number of carbonyl (C=O) groups excluding carboxylic acids is 3. The van der Waals surface area contributed by atoms with E-state index in [1.807, 2.05) is 78.9 Å². The molecule has 12 heteroatoms. The molecule has 0 radical (unpaired) electrons. The largest absolute Gasteiger partial charge is 0.506 e. The van der Waals surface area contributed by atoms with Gasteiger partial charge in [0.25, 0.3) is 0 Å². The molecule has 2 heterocycles. The number of aliphatic hydroxyl groups excluding tert-OH is 2. The summed E-state index contributed by atoms with van der Waals surface area (Å²) in [5.41, 5.74) is 7.23. The van der Waals surface area contributed by atoms with Crippen LogP contribution in [-0.4, -0.2) is 84.1 Å². The first-order valence-electron chi connectivity index (χ1n) is 21.1. The minimum absolute atomic E-state index is 0.00872. The Hall–Kier alpha value is -6.47. The molecule has 0 saturated carbocycles. The number of hydrogen-bond acceptors (Lipinski definition) is 10. The highest BCUT2D eigenvalue weighted by Crippen LogP contribution is 2.38. The van der Waals surface area contributed by atoms with E-state index in [0.717, 1.165) is 22.3 Å². The second kappa shape index (κ2) is 20.4. The van der Waals surface area contributed by atoms with Crippen molar-refractivity contribution in [1.29, 1.82) is 0 Å². The van der Waals surface area contributed by atoms with E-state index >= 15 is 0 Å². The number of methoxy groups -OCH3 is 1. The van der Waals surface area contributed by atoms with Crippen LogP contribution in [0.5, 0.6) is 11.5 Å². The molecule has 0 aromatic heterocycles. The van der Waals surface area contributed by atoms with Crippen LogP contribution in [0.25, 0.3) is 17.2 Å². The van der Waals surface area contributed by atoms with Crippen molar-refractivity contribution in [2.45, 2.75) is 63.4 Å². The Kier molecular flexibility index (Phi) is 14.3. The Morgan fingerprint density at radius 3 is 2.50 bits per heavy atom. The summed E-state index contributed by atoms with van der Waals surface area (Å²) in [6.07, 6.45) is 4.51. The fourth-order valence-electron chi connectivity index (χ4n) is 8.11. The van der Waals surface area contributed by atoms with E-state index in [0.29, 0.717) is 97.7 Å². The number of ketones is 1. The maximum absolute atomic E-state index is 13.6. The number of fused-ring (bicyclic) bond motifs is 1. The molecule has 1 unspecified atom stereocenters. The Balaban J connectivity index is 0.853. The van der Waals surface area contributed by atoms with E-state index in [4.69, 9.17) is 9.47 Å². The molecule has 2 atom stereocenters. The molecule has 12 nitrogen and oxygen atoms in total. The number of nitrogens with one attached hydrogen (secondary N) is 2. The molecule has 2 aliphatic rings. The number of likely N-dealkylation sites (tertiary alicyclic amines) is 1. The highest BCUT2D eigenvalue weighted by molar-refractivity contribution is 6.00. The number of aliphatic hydroxyl groups is 2. The predicted molar refractivity (Wildman–Crippen MR) is 242 cm³/mol. The summed E-state index contributed by atoms with van der Waals surface area (Å²) in [5.74, 6) is 0.444. The van der Waals surface area contributed by atoms with Gasteiger partial charge in [-0.2, -0.15) is 0 Å². The SMILES string of the molecule is COc1cc(CCC[C@H](O)c2ccc(O)c3c2C=CC(O)N3)ccc1CC(=O)c1cccc(N(C)C(=O)CCN2CCC(OC(=O)Nc3ccccc3-c3ccccc3)CC2)c1. The molecule has 2 amide bonds. The summed E-state index contributed by atoms with van der Waals surface area (Å²) in [6, 6.07) is 33.6. The third-order valence-corrected chi connectivity index (χ3v) is 11.6. The van der Waals surface area contributed by atoms with Crippen molar-refractivity contribution in [2.75, 3.05) is 49.3 Å². The van der Waals surface area contributed by atoms with E-state index in [1.54, 1.807) is 55.5 Å². The number of phenolic OH excluding ortho intramolecular Hbond substituents is 1. The molecule has 62 heavy (non-hydrogen) atoms. The lowest BCUT2D eigenvalue weighted by molar-refractivity contribution is -0.118. The van der Waals surface area contributed by atoms with Crippen molar-refractivity contribution in [2.24, 2.45) is 0 Å². The number of amides is 2. The summed E-state index contributed by atoms with van der Waals surface area (Å²) in [6.45, 7) is 1.99. The van der Waals surface area contributed by atoms with E-state index in [1.165, 1.54) is 6.07 Å². The number of aryl methyl sites for hydroxylation is 1. The topological polar surface area (TPSA) is 161 Å². The van der Waals surface area contributed by atoms with Gasteiger partial charge >= 0.3 is 6.09 Å². The summed E-state index contributed by atoms with van der Waals surface area (Å²) in [7, 11) is 3.30. The lowest BCUT2D eigenvalue weighted by Gasteiger charge is -2.31. The van der Waals surface area contributed by atoms with Gasteiger partial charge in [0.2, 0.25) is 5.91 Å². The normalized spacial score (nSPS) is 15.5. The summed E-state index contributed by atoms with van der Waals surface area (Å²) >= 11 is 0. The molecule has 322 valence electrons. The van der Waals surface area contributed by atoms with Gasteiger partial charge in [-0.25, -0.2) is 4.79 Å². The van der Waals surface area contributed by atoms with Crippen molar-refractivity contribution in [3.8, 4) is 22.6 Å². The number of para-hydroxylation sites is 1. The van der Waals surface area contributed by atoms with Crippen LogP contribution in [0.2, 0.25) is 0 Å². The molecular weight excluding hydrogens is 785 g/mol. The zero-order valence-corrected chi connectivity index (χ0v) is 35.1. The molecule has 2 aliphatic heterocycles. The standard InChI is InChI=1S/C50H54N4O8/c1-53(48(59)26-29-54-27-24-38(25-28-54)62-50(60)51-42-16-7-6-15-39(42)34-11-4-3-5-12-34)37-14-9-13-35(31-37)45(57)32-36-19-18-33(30-46(36)61-2)10-8-17-43(55)40-20-22-44(56)49-41(40)21-23-47(58)52-49/h3-7,9,11-16,18-23,30-31,38,43,47,52,55-56,58H,8,10,17,24-29,32H2,1-2H3,(H,51,60)/t43-,47?/m0/s1. The number of aromatic hydroxyl groups is 1. The molecule has 1 saturated heterocycles. The summed E-state index contributed by atoms with van der Waals surface area (Å²) < 4.78 is 11.5. The second-order valence-corrected chi connectivity index (χ2v) is 15.8. The maximum atomic E-state index is 13.6. The van der Waals surface area contributed by atoms with E-state index < -0.39 is 18.4 Å². The number of piperidine rings is 1. The van der Waals surface area contributed by atoms with E-state index in [2.05, 4.69) is 15.5 Å². The van der Waals surface area contributed by atoms with Gasteiger partial charge in [0.05, 0.1) is 24.6 Å². The third kappa shape index (κ3) is 10.9. The molecule has 0 aliphatic carbocycles. The average molecular weight is 839 g/mol. The smallest absolute Gasteiger partial charge is 0.411 e. The van der Waals surface area contributed by atoms with Crippen molar-refractivity contribution in [3.63, 3.8) is 0 Å². The average Bonchev–Trinajstić information content (AvgIpc) is 3.29. The number of phenols is 1. The van der Waals surface area contributed by atoms with Gasteiger partial charge in [0.15, 0.2) is 5.78 Å². The Morgan fingerprint density at radius 1 is 0.935 bits per heavy atom. The highest BCUT2D eigenvalue weighted by atomic mass is 16.6. The number of Topliss-reactive ketones (excluding diaryl/α,β-unsaturated/α-hetero) is 1. The van der Waals surface area contributed by atoms with Gasteiger partial charge in [-0.3, -0.25) is 14.9 Å². The van der Waals surface area contributed by atoms with Crippen LogP contribution in [0.15, 0.2) is 115 Å². The van der Waals surface area contributed by atoms with Crippen molar-refractivity contribution < 1.29 is 39.2 Å². The van der Waals surface area contributed by atoms with Gasteiger partial charge in [0, 0.05) is 67.5 Å². The number of rotatable bonds is 16. The first-order chi connectivity index (χ1) is 30.1. The molecular formula is C50H54N4O8. The molecule has 7 rings (SSSR count). The monoisotopic (exact) mass is 838 g/mol. The number of ether oxygens (including phenoxy) is 2. The number of carbonyl (C=O) groups is 3. The van der Waals surface area contributed by atoms with Crippen LogP contribution in [0.3, 0.4) is 0 Å². The van der Waals surface area contributed by atoms with Crippen molar-refractivity contribution in [1.82, 2.24) is 4.90 Å². The Labute approximate surface area is 362 Å². The van der Waals surface area contributed by atoms with Gasteiger partial charge < -0.3 is 39.9 Å². The van der Waals surface area contributed by atoms with Crippen molar-refractivity contribution in [3.05, 3.63) is 143 Å². The van der Waals surface area contributed by atoms with Crippen LogP contribution in [0.4, 0.5) is 21.9 Å². The molecule has 0 spiro atoms. The number of benzene rings is 5. The Bertz CT molecular complexity index is 2390. The number of nitrogens with zero attached hydrogens (tertiary/aromatic N) is 2. The zero-order valence-electron chi connectivity index (χ0n) is 35.1. The third-order valence-electron chi connectivity index (χ3n) is 11.6. The van der Waals surface area contributed by atoms with Crippen LogP contribution in [0, 0.1) is 0 Å². The molecule has 0 bridgehead atoms. The first kappa shape index (κ1) is 43.6. The molecule has 5 N–H and O–H groups in total. The molecule has 5 aromatic carbocycles. The number of hydrogen-bond donors (Lipinski definition) is 5. The predicted octanol–water partition coefficient (Wildman–Crippen LogP) is 8.37. The van der Waals surface area contributed by atoms with Gasteiger partial charge in [0.1, 0.15) is 23.8 Å². The lowest BCUT2D eigenvalue weighted by atomic mass is 9.93. The zero-order chi connectivity index (χ0) is 43.6. The quantitative estimate of drug-likeness (QED) is 0.0483. The van der Waals surface area contributed by atoms with Crippen LogP contribution in [0.1, 0.15) is 70.8 Å². The van der Waals surface area contributed by atoms with Crippen molar-refractivity contribution >= 4 is 40.9 Å². The maximum Gasteiger partial charge on any atom is 0.411 e. The molecule has 1 fully saturated rings. The first-order valence-corrected chi connectivity index (χ1v) is 21.1.